The van der Waals surface area contributed by atoms with Crippen LogP contribution in [-0.2, 0) is 5.41 Å². The average molecular weight is 744 g/mol. The van der Waals surface area contributed by atoms with Crippen molar-refractivity contribution in [2.45, 2.75) is 31.1 Å². The third-order valence-corrected chi connectivity index (χ3v) is 14.4. The van der Waals surface area contributed by atoms with Crippen LogP contribution in [0.2, 0.25) is 0 Å². The maximum Gasteiger partial charge on any atom is 0.0473 e. The molecule has 0 amide bonds. The van der Waals surface area contributed by atoms with Gasteiger partial charge in [0.05, 0.1) is 0 Å². The second-order valence-corrected chi connectivity index (χ2v) is 17.3. The lowest BCUT2D eigenvalue weighted by Gasteiger charge is -2.43. The van der Waals surface area contributed by atoms with Gasteiger partial charge in [0.2, 0.25) is 0 Å². The van der Waals surface area contributed by atoms with Crippen LogP contribution in [0, 0.1) is 23.7 Å². The van der Waals surface area contributed by atoms with Gasteiger partial charge >= 0.3 is 0 Å². The fourth-order valence-electron chi connectivity index (χ4n) is 12.2. The monoisotopic (exact) mass is 743 g/mol. The van der Waals surface area contributed by atoms with E-state index in [2.05, 4.69) is 205 Å². The van der Waals surface area contributed by atoms with Gasteiger partial charge in [-0.3, -0.25) is 0 Å². The Balaban J connectivity index is 1.02. The molecule has 0 aromatic heterocycles. The zero-order valence-corrected chi connectivity index (χ0v) is 32.6. The van der Waals surface area contributed by atoms with E-state index >= 15 is 0 Å². The van der Waals surface area contributed by atoms with Crippen LogP contribution < -0.4 is 4.90 Å². The number of anilines is 3. The molecule has 1 spiro atoms. The Hall–Kier alpha value is -6.44. The first-order valence-electron chi connectivity index (χ1n) is 21.3. The SMILES string of the molecule is c1ccc(-c2ccc(N(c3ccc(-c4ccccc4)cc3)c3cc(-c4ccccc4)cc(-c4ccc5c(c4)-c4ccccc4C54C5CC6CC(C5)C4C6)c3)cc2)cc1. The van der Waals surface area contributed by atoms with E-state index in [-0.39, 0.29) is 5.41 Å². The third-order valence-electron chi connectivity index (χ3n) is 14.4. The average Bonchev–Trinajstić information content (AvgIpc) is 3.84. The van der Waals surface area contributed by atoms with Crippen LogP contribution >= 0.6 is 0 Å². The summed E-state index contributed by atoms with van der Waals surface area (Å²) in [5.74, 6) is 3.39. The van der Waals surface area contributed by atoms with E-state index in [9.17, 15) is 0 Å². The molecule has 0 radical (unpaired) electrons. The first kappa shape index (κ1) is 33.7. The van der Waals surface area contributed by atoms with Gasteiger partial charge in [-0.05, 0) is 165 Å². The Bertz CT molecular complexity index is 2700. The van der Waals surface area contributed by atoms with Crippen LogP contribution in [0.4, 0.5) is 17.1 Å². The Morgan fingerprint density at radius 3 is 1.45 bits per heavy atom. The lowest BCUT2D eigenvalue weighted by molar-refractivity contribution is 0.191. The molecule has 5 aliphatic carbocycles. The Morgan fingerprint density at radius 2 is 0.845 bits per heavy atom. The van der Waals surface area contributed by atoms with Crippen LogP contribution in [0.1, 0.15) is 36.8 Å². The predicted octanol–water partition coefficient (Wildman–Crippen LogP) is 15.2. The van der Waals surface area contributed by atoms with Gasteiger partial charge < -0.3 is 4.90 Å². The quantitative estimate of drug-likeness (QED) is 0.157. The van der Waals surface area contributed by atoms with E-state index in [1.807, 2.05) is 0 Å². The second kappa shape index (κ2) is 13.3. The van der Waals surface area contributed by atoms with Gasteiger partial charge in [0.1, 0.15) is 0 Å². The van der Waals surface area contributed by atoms with Crippen molar-refractivity contribution in [3.63, 3.8) is 0 Å². The van der Waals surface area contributed by atoms with Crippen LogP contribution in [0.15, 0.2) is 200 Å². The molecule has 4 bridgehead atoms. The standard InChI is InChI=1S/C57H45N/c1-4-12-39(13-5-1)42-20-25-49(26-21-42)58(50-27-22-43(23-28-50)40-14-6-2-7-15-40)51-35-45(41-16-8-3-9-17-41)33-46(36-51)44-24-29-55-53(37-44)52-18-10-11-19-54(52)57(55)48-31-38-30-47(34-48)56(57)32-38/h1-29,33,35-38,47-48,56H,30-32,34H2. The zero-order valence-electron chi connectivity index (χ0n) is 32.6. The molecule has 13 rings (SSSR count). The van der Waals surface area contributed by atoms with Crippen LogP contribution in [0.3, 0.4) is 0 Å². The first-order valence-corrected chi connectivity index (χ1v) is 21.3. The smallest absolute Gasteiger partial charge is 0.0473 e. The lowest BCUT2D eigenvalue weighted by atomic mass is 9.59. The summed E-state index contributed by atoms with van der Waals surface area (Å²) in [6, 6.07) is 74.6. The molecule has 8 aromatic rings. The van der Waals surface area contributed by atoms with Gasteiger partial charge in [-0.2, -0.15) is 0 Å². The van der Waals surface area contributed by atoms with E-state index in [1.54, 1.807) is 11.1 Å². The molecule has 8 aromatic carbocycles. The maximum absolute atomic E-state index is 2.55. The summed E-state index contributed by atoms with van der Waals surface area (Å²) in [6.45, 7) is 0. The molecule has 1 heteroatoms. The summed E-state index contributed by atoms with van der Waals surface area (Å²) < 4.78 is 0. The largest absolute Gasteiger partial charge is 0.310 e. The molecule has 4 saturated carbocycles. The van der Waals surface area contributed by atoms with Crippen molar-refractivity contribution in [2.75, 3.05) is 4.90 Å². The number of hydrogen-bond acceptors (Lipinski definition) is 1. The topological polar surface area (TPSA) is 3.24 Å². The molecule has 0 aliphatic heterocycles. The molecule has 0 N–H and O–H groups in total. The van der Waals surface area contributed by atoms with E-state index in [0.29, 0.717) is 0 Å². The number of nitrogens with zero attached hydrogens (tertiary/aromatic N) is 1. The summed E-state index contributed by atoms with van der Waals surface area (Å²) >= 11 is 0. The molecule has 0 heterocycles. The minimum atomic E-state index is 0.188. The highest BCUT2D eigenvalue weighted by Gasteiger charge is 2.65. The van der Waals surface area contributed by atoms with Gasteiger partial charge in [0.15, 0.2) is 0 Å². The Labute approximate surface area is 342 Å². The van der Waals surface area contributed by atoms with Crippen molar-refractivity contribution in [1.82, 2.24) is 0 Å². The Kier molecular flexibility index (Phi) is 7.73. The van der Waals surface area contributed by atoms with E-state index in [0.717, 1.165) is 40.7 Å². The number of rotatable bonds is 7. The van der Waals surface area contributed by atoms with Crippen LogP contribution in [0.25, 0.3) is 55.6 Å². The van der Waals surface area contributed by atoms with E-state index in [4.69, 9.17) is 0 Å². The van der Waals surface area contributed by atoms with E-state index in [1.165, 1.54) is 81.3 Å². The molecule has 5 unspecified atom stereocenters. The Morgan fingerprint density at radius 1 is 0.345 bits per heavy atom. The van der Waals surface area contributed by atoms with Crippen LogP contribution in [0.5, 0.6) is 0 Å². The van der Waals surface area contributed by atoms with Crippen molar-refractivity contribution >= 4 is 17.1 Å². The minimum Gasteiger partial charge on any atom is -0.310 e. The summed E-state index contributed by atoms with van der Waals surface area (Å²) in [4.78, 5) is 2.43. The van der Waals surface area contributed by atoms with Gasteiger partial charge in [0, 0.05) is 22.5 Å². The molecular formula is C57H45N. The molecule has 4 fully saturated rings. The second-order valence-electron chi connectivity index (χ2n) is 17.3. The number of benzene rings is 8. The zero-order chi connectivity index (χ0) is 38.2. The third kappa shape index (κ3) is 5.22. The molecule has 1 nitrogen and oxygen atoms in total. The first-order chi connectivity index (χ1) is 28.7. The van der Waals surface area contributed by atoms with Gasteiger partial charge in [-0.25, -0.2) is 0 Å². The van der Waals surface area contributed by atoms with E-state index < -0.39 is 0 Å². The highest BCUT2D eigenvalue weighted by Crippen LogP contribution is 2.73. The molecular weight excluding hydrogens is 699 g/mol. The minimum absolute atomic E-state index is 0.188. The van der Waals surface area contributed by atoms with Crippen molar-refractivity contribution < 1.29 is 0 Å². The molecule has 5 atom stereocenters. The van der Waals surface area contributed by atoms with Crippen molar-refractivity contribution in [3.05, 3.63) is 211 Å². The van der Waals surface area contributed by atoms with Gasteiger partial charge in [-0.1, -0.05) is 152 Å². The highest BCUT2D eigenvalue weighted by atomic mass is 15.1. The predicted molar refractivity (Wildman–Crippen MR) is 242 cm³/mol. The van der Waals surface area contributed by atoms with Gasteiger partial charge in [-0.15, -0.1) is 0 Å². The summed E-state index contributed by atoms with van der Waals surface area (Å²) in [7, 11) is 0. The molecule has 0 saturated heterocycles. The van der Waals surface area contributed by atoms with Crippen LogP contribution in [-0.4, -0.2) is 0 Å². The number of hydrogen-bond donors (Lipinski definition) is 0. The molecule has 278 valence electrons. The van der Waals surface area contributed by atoms with Crippen molar-refractivity contribution in [3.8, 4) is 55.6 Å². The highest BCUT2D eigenvalue weighted by molar-refractivity contribution is 5.89. The molecule has 58 heavy (non-hydrogen) atoms. The summed E-state index contributed by atoms with van der Waals surface area (Å²) in [5, 5.41) is 0. The fraction of sp³-hybridized carbons (Fsp3) is 0.158. The normalized spacial score (nSPS) is 21.9. The van der Waals surface area contributed by atoms with Crippen molar-refractivity contribution in [2.24, 2.45) is 23.7 Å². The summed E-state index contributed by atoms with van der Waals surface area (Å²) in [6.07, 6.45) is 5.68. The van der Waals surface area contributed by atoms with Crippen molar-refractivity contribution in [1.29, 1.82) is 0 Å². The number of fused-ring (bicyclic) bond motifs is 3. The lowest BCUT2D eigenvalue weighted by Crippen LogP contribution is -2.40. The summed E-state index contributed by atoms with van der Waals surface area (Å²) in [5.41, 5.74) is 19.5. The maximum atomic E-state index is 2.55. The van der Waals surface area contributed by atoms with Gasteiger partial charge in [0.25, 0.3) is 0 Å². The fourth-order valence-corrected chi connectivity index (χ4v) is 12.2. The molecule has 5 aliphatic rings.